The molecule has 0 fully saturated rings. The molecule has 2 unspecified atom stereocenters. The Labute approximate surface area is 131 Å². The molecule has 0 bridgehead atoms. The summed E-state index contributed by atoms with van der Waals surface area (Å²) in [6.45, 7) is 3.25. The molecule has 1 aliphatic rings. The number of fused-ring (bicyclic) bond motifs is 1. The molecule has 1 N–H and O–H groups in total. The summed E-state index contributed by atoms with van der Waals surface area (Å²) in [5.74, 6) is 0. The number of likely N-dealkylation sites (N-methyl/N-ethyl adjacent to an activating group) is 1. The molecule has 1 heterocycles. The molecule has 21 heavy (non-hydrogen) atoms. The van der Waals surface area contributed by atoms with E-state index in [-0.39, 0.29) is 0 Å². The van der Waals surface area contributed by atoms with E-state index in [1.807, 2.05) is 12.1 Å². The summed E-state index contributed by atoms with van der Waals surface area (Å²) >= 11 is 6.09. The molecule has 0 aliphatic carbocycles. The standard InChI is InChI=1S/C18H21ClN2/c1-13(14-7-5-8-16(19)10-14)21(2)12-17-11-15-6-3-4-9-18(15)20-17/h3-10,13,17,20H,11-12H2,1-2H3. The molecule has 110 valence electrons. The number of nitrogens with zero attached hydrogens (tertiary/aromatic N) is 1. The zero-order chi connectivity index (χ0) is 14.8. The van der Waals surface area contributed by atoms with E-state index in [2.05, 4.69) is 60.6 Å². The monoisotopic (exact) mass is 300 g/mol. The number of nitrogens with one attached hydrogen (secondary N) is 1. The Bertz CT molecular complexity index is 601. The van der Waals surface area contributed by atoms with Crippen LogP contribution in [0.3, 0.4) is 0 Å². The topological polar surface area (TPSA) is 15.3 Å². The molecule has 2 aromatic carbocycles. The van der Waals surface area contributed by atoms with Gasteiger partial charge in [-0.1, -0.05) is 41.9 Å². The normalized spacial score (nSPS) is 18.4. The minimum absolute atomic E-state index is 0.356. The van der Waals surface area contributed by atoms with Crippen LogP contribution >= 0.6 is 11.6 Å². The summed E-state index contributed by atoms with van der Waals surface area (Å²) < 4.78 is 0. The lowest BCUT2D eigenvalue weighted by Crippen LogP contribution is -2.34. The summed E-state index contributed by atoms with van der Waals surface area (Å²) in [6, 6.07) is 17.6. The van der Waals surface area contributed by atoms with Crippen LogP contribution in [0.2, 0.25) is 5.02 Å². The first-order valence-corrected chi connectivity index (χ1v) is 7.81. The average Bonchev–Trinajstić information content (AvgIpc) is 2.88. The first kappa shape index (κ1) is 14.4. The Morgan fingerprint density at radius 2 is 2.05 bits per heavy atom. The van der Waals surface area contributed by atoms with Gasteiger partial charge in [-0.25, -0.2) is 0 Å². The number of anilines is 1. The number of benzene rings is 2. The molecular formula is C18H21ClN2. The van der Waals surface area contributed by atoms with E-state index in [1.54, 1.807) is 0 Å². The van der Waals surface area contributed by atoms with Crippen LogP contribution in [0, 0.1) is 0 Å². The molecule has 0 radical (unpaired) electrons. The van der Waals surface area contributed by atoms with Crippen LogP contribution in [-0.2, 0) is 6.42 Å². The van der Waals surface area contributed by atoms with E-state index in [1.165, 1.54) is 16.8 Å². The van der Waals surface area contributed by atoms with E-state index >= 15 is 0 Å². The molecule has 0 saturated heterocycles. The predicted molar refractivity (Wildman–Crippen MR) is 90.1 cm³/mol. The number of halogens is 1. The Balaban J connectivity index is 1.64. The van der Waals surface area contributed by atoms with Gasteiger partial charge in [-0.05, 0) is 49.7 Å². The van der Waals surface area contributed by atoms with Gasteiger partial charge in [0.05, 0.1) is 0 Å². The second-order valence-corrected chi connectivity index (χ2v) is 6.31. The zero-order valence-corrected chi connectivity index (χ0v) is 13.3. The summed E-state index contributed by atoms with van der Waals surface area (Å²) in [7, 11) is 2.18. The third-order valence-electron chi connectivity index (χ3n) is 4.34. The molecule has 2 aromatic rings. The lowest BCUT2D eigenvalue weighted by Gasteiger charge is -2.28. The van der Waals surface area contributed by atoms with Crippen LogP contribution in [0.1, 0.15) is 24.1 Å². The van der Waals surface area contributed by atoms with Crippen LogP contribution in [0.4, 0.5) is 5.69 Å². The molecule has 0 spiro atoms. The maximum Gasteiger partial charge on any atom is 0.0429 e. The fourth-order valence-electron chi connectivity index (χ4n) is 3.01. The summed E-state index contributed by atoms with van der Waals surface area (Å²) in [5.41, 5.74) is 3.97. The average molecular weight is 301 g/mol. The molecule has 3 rings (SSSR count). The van der Waals surface area contributed by atoms with E-state index in [0.29, 0.717) is 12.1 Å². The highest BCUT2D eigenvalue weighted by molar-refractivity contribution is 6.30. The molecule has 2 atom stereocenters. The minimum atomic E-state index is 0.356. The van der Waals surface area contributed by atoms with Crippen molar-refractivity contribution in [3.05, 3.63) is 64.7 Å². The Morgan fingerprint density at radius 1 is 1.24 bits per heavy atom. The highest BCUT2D eigenvalue weighted by Crippen LogP contribution is 2.27. The van der Waals surface area contributed by atoms with E-state index in [9.17, 15) is 0 Å². The van der Waals surface area contributed by atoms with E-state index < -0.39 is 0 Å². The number of para-hydroxylation sites is 1. The number of rotatable bonds is 4. The second kappa shape index (κ2) is 6.08. The quantitative estimate of drug-likeness (QED) is 0.902. The van der Waals surface area contributed by atoms with Crippen molar-refractivity contribution in [2.75, 3.05) is 18.9 Å². The summed E-state index contributed by atoms with van der Waals surface area (Å²) in [6.07, 6.45) is 1.10. The first-order valence-electron chi connectivity index (χ1n) is 7.43. The SMILES string of the molecule is CC(c1cccc(Cl)c1)N(C)CC1Cc2ccccc2N1. The highest BCUT2D eigenvalue weighted by Gasteiger charge is 2.23. The summed E-state index contributed by atoms with van der Waals surface area (Å²) in [4.78, 5) is 2.38. The van der Waals surface area contributed by atoms with Gasteiger partial charge in [0.2, 0.25) is 0 Å². The van der Waals surface area contributed by atoms with Crippen molar-refractivity contribution in [2.24, 2.45) is 0 Å². The van der Waals surface area contributed by atoms with Gasteiger partial charge < -0.3 is 5.32 Å². The fraction of sp³-hybridized carbons (Fsp3) is 0.333. The Kier molecular flexibility index (Phi) is 4.18. The first-order chi connectivity index (χ1) is 10.1. The van der Waals surface area contributed by atoms with Crippen molar-refractivity contribution in [3.63, 3.8) is 0 Å². The van der Waals surface area contributed by atoms with Crippen LogP contribution in [-0.4, -0.2) is 24.5 Å². The number of hydrogen-bond donors (Lipinski definition) is 1. The maximum atomic E-state index is 6.09. The summed E-state index contributed by atoms with van der Waals surface area (Å²) in [5, 5.41) is 4.42. The van der Waals surface area contributed by atoms with Crippen LogP contribution in [0.25, 0.3) is 0 Å². The smallest absolute Gasteiger partial charge is 0.0429 e. The van der Waals surface area contributed by atoms with Crippen molar-refractivity contribution in [1.82, 2.24) is 4.90 Å². The Morgan fingerprint density at radius 3 is 2.81 bits per heavy atom. The van der Waals surface area contributed by atoms with Crippen LogP contribution < -0.4 is 5.32 Å². The van der Waals surface area contributed by atoms with Crippen molar-refractivity contribution in [3.8, 4) is 0 Å². The highest BCUT2D eigenvalue weighted by atomic mass is 35.5. The van der Waals surface area contributed by atoms with Crippen molar-refractivity contribution >= 4 is 17.3 Å². The van der Waals surface area contributed by atoms with Gasteiger partial charge in [-0.3, -0.25) is 4.90 Å². The molecular weight excluding hydrogens is 280 g/mol. The molecule has 0 saturated carbocycles. The van der Waals surface area contributed by atoms with Crippen molar-refractivity contribution in [1.29, 1.82) is 0 Å². The minimum Gasteiger partial charge on any atom is -0.380 e. The third-order valence-corrected chi connectivity index (χ3v) is 4.58. The van der Waals surface area contributed by atoms with E-state index in [0.717, 1.165) is 18.0 Å². The van der Waals surface area contributed by atoms with Gasteiger partial charge in [0.15, 0.2) is 0 Å². The lowest BCUT2D eigenvalue weighted by molar-refractivity contribution is 0.251. The number of hydrogen-bond acceptors (Lipinski definition) is 2. The second-order valence-electron chi connectivity index (χ2n) is 5.87. The van der Waals surface area contributed by atoms with Crippen LogP contribution in [0.5, 0.6) is 0 Å². The van der Waals surface area contributed by atoms with E-state index in [4.69, 9.17) is 11.6 Å². The fourth-order valence-corrected chi connectivity index (χ4v) is 3.21. The van der Waals surface area contributed by atoms with Gasteiger partial charge >= 0.3 is 0 Å². The van der Waals surface area contributed by atoms with Gasteiger partial charge in [-0.2, -0.15) is 0 Å². The van der Waals surface area contributed by atoms with Gasteiger partial charge in [0, 0.05) is 29.3 Å². The zero-order valence-electron chi connectivity index (χ0n) is 12.5. The molecule has 1 aliphatic heterocycles. The van der Waals surface area contributed by atoms with Gasteiger partial charge in [0.25, 0.3) is 0 Å². The Hall–Kier alpha value is -1.51. The van der Waals surface area contributed by atoms with Crippen molar-refractivity contribution in [2.45, 2.75) is 25.4 Å². The van der Waals surface area contributed by atoms with Crippen molar-refractivity contribution < 1.29 is 0 Å². The van der Waals surface area contributed by atoms with Crippen LogP contribution in [0.15, 0.2) is 48.5 Å². The molecule has 3 heteroatoms. The third kappa shape index (κ3) is 3.22. The van der Waals surface area contributed by atoms with Gasteiger partial charge in [0.1, 0.15) is 0 Å². The lowest BCUT2D eigenvalue weighted by atomic mass is 10.1. The maximum absolute atomic E-state index is 6.09. The molecule has 2 nitrogen and oxygen atoms in total. The predicted octanol–water partition coefficient (Wildman–Crippen LogP) is 4.37. The van der Waals surface area contributed by atoms with Gasteiger partial charge in [-0.15, -0.1) is 0 Å². The largest absolute Gasteiger partial charge is 0.380 e. The molecule has 0 aromatic heterocycles. The molecule has 0 amide bonds.